The summed E-state index contributed by atoms with van der Waals surface area (Å²) in [4.78, 5) is 8.80. The second kappa shape index (κ2) is 11.1. The molecule has 11 heteroatoms. The van der Waals surface area contributed by atoms with E-state index in [-0.39, 0.29) is 58.3 Å². The molecule has 0 bridgehead atoms. The summed E-state index contributed by atoms with van der Waals surface area (Å²) in [5.74, 6) is 0.578. The molecule has 0 aliphatic carbocycles. The number of rotatable bonds is 10. The summed E-state index contributed by atoms with van der Waals surface area (Å²) < 4.78 is 51.9. The van der Waals surface area contributed by atoms with Crippen molar-refractivity contribution in [3.05, 3.63) is 72.5 Å². The van der Waals surface area contributed by atoms with Crippen molar-refractivity contribution in [3.8, 4) is 34.7 Å². The van der Waals surface area contributed by atoms with Gasteiger partial charge in [0.05, 0.1) is 24.9 Å². The van der Waals surface area contributed by atoms with E-state index in [0.29, 0.717) is 5.75 Å². The maximum atomic E-state index is 13.5. The summed E-state index contributed by atoms with van der Waals surface area (Å²) in [5.41, 5.74) is 0.841. The lowest BCUT2D eigenvalue weighted by Gasteiger charge is -2.20. The number of hydrogen-bond acceptors (Lipinski definition) is 9. The van der Waals surface area contributed by atoms with Crippen LogP contribution >= 0.6 is 0 Å². The number of hydrogen-bond donors (Lipinski definition) is 2. The monoisotopic (exact) mass is 539 g/mol. The summed E-state index contributed by atoms with van der Waals surface area (Å²) in [6, 6.07) is 16.7. The van der Waals surface area contributed by atoms with E-state index in [9.17, 15) is 13.5 Å². The molecule has 4 rings (SSSR count). The SMILES string of the molecule is COc1ccccc1Oc1c(NS(=O)(=O)c2ccc(C(C)(C)C)cc2)nc(-c2ccco2)nc1OCCO. The first-order valence-electron chi connectivity index (χ1n) is 11.8. The molecule has 0 unspecified atom stereocenters. The number of sulfonamides is 1. The van der Waals surface area contributed by atoms with Crippen molar-refractivity contribution in [1.82, 2.24) is 9.97 Å². The van der Waals surface area contributed by atoms with Crippen molar-refractivity contribution in [2.75, 3.05) is 25.0 Å². The van der Waals surface area contributed by atoms with E-state index in [1.165, 1.54) is 25.5 Å². The predicted octanol–water partition coefficient (Wildman–Crippen LogP) is 5.01. The molecule has 2 N–H and O–H groups in total. The van der Waals surface area contributed by atoms with Gasteiger partial charge in [-0.1, -0.05) is 45.0 Å². The molecule has 0 spiro atoms. The fourth-order valence-corrected chi connectivity index (χ4v) is 4.49. The minimum atomic E-state index is -4.12. The highest BCUT2D eigenvalue weighted by atomic mass is 32.2. The molecule has 0 fully saturated rings. The number of nitrogens with zero attached hydrogens (tertiary/aromatic N) is 2. The van der Waals surface area contributed by atoms with E-state index >= 15 is 0 Å². The van der Waals surface area contributed by atoms with Crippen molar-refractivity contribution in [3.63, 3.8) is 0 Å². The quantitative estimate of drug-likeness (QED) is 0.285. The minimum Gasteiger partial charge on any atom is -0.493 e. The topological polar surface area (TPSA) is 133 Å². The second-order valence-electron chi connectivity index (χ2n) is 9.21. The second-order valence-corrected chi connectivity index (χ2v) is 10.9. The van der Waals surface area contributed by atoms with E-state index in [1.54, 1.807) is 48.5 Å². The molecule has 2 aromatic carbocycles. The third-order valence-corrected chi connectivity index (χ3v) is 6.80. The predicted molar refractivity (Wildman–Crippen MR) is 141 cm³/mol. The summed E-state index contributed by atoms with van der Waals surface area (Å²) in [6.07, 6.45) is 1.44. The van der Waals surface area contributed by atoms with E-state index in [4.69, 9.17) is 18.6 Å². The molecular formula is C27H29N3O7S. The molecule has 2 heterocycles. The average Bonchev–Trinajstić information content (AvgIpc) is 3.43. The average molecular weight is 540 g/mol. The number of anilines is 1. The van der Waals surface area contributed by atoms with E-state index in [2.05, 4.69) is 14.7 Å². The lowest BCUT2D eigenvalue weighted by Crippen LogP contribution is -2.17. The molecular weight excluding hydrogens is 510 g/mol. The summed E-state index contributed by atoms with van der Waals surface area (Å²) in [5, 5.41) is 9.37. The van der Waals surface area contributed by atoms with Crippen LogP contribution in [0.5, 0.6) is 23.1 Å². The Bertz CT molecular complexity index is 1480. The Labute approximate surface area is 221 Å². The molecule has 4 aromatic rings. The van der Waals surface area contributed by atoms with Crippen molar-refractivity contribution in [1.29, 1.82) is 0 Å². The van der Waals surface area contributed by atoms with Crippen LogP contribution in [-0.4, -0.2) is 43.8 Å². The first-order chi connectivity index (χ1) is 18.1. The molecule has 0 saturated carbocycles. The van der Waals surface area contributed by atoms with Gasteiger partial charge in [-0.3, -0.25) is 4.72 Å². The van der Waals surface area contributed by atoms with Crippen LogP contribution in [-0.2, 0) is 15.4 Å². The molecule has 10 nitrogen and oxygen atoms in total. The summed E-state index contributed by atoms with van der Waals surface area (Å²) in [6.45, 7) is 5.69. The van der Waals surface area contributed by atoms with Gasteiger partial charge in [0.2, 0.25) is 11.6 Å². The highest BCUT2D eigenvalue weighted by molar-refractivity contribution is 7.92. The zero-order valence-corrected chi connectivity index (χ0v) is 22.3. The minimum absolute atomic E-state index is 0.0322. The molecule has 0 aliphatic heterocycles. The number of aliphatic hydroxyl groups excluding tert-OH is 1. The summed E-state index contributed by atoms with van der Waals surface area (Å²) >= 11 is 0. The van der Waals surface area contributed by atoms with E-state index in [1.807, 2.05) is 20.8 Å². The summed E-state index contributed by atoms with van der Waals surface area (Å²) in [7, 11) is -2.64. The van der Waals surface area contributed by atoms with Crippen molar-refractivity contribution in [2.24, 2.45) is 0 Å². The molecule has 0 atom stereocenters. The Morgan fingerprint density at radius 2 is 1.68 bits per heavy atom. The number of aliphatic hydroxyl groups is 1. The Kier molecular flexibility index (Phi) is 7.88. The third kappa shape index (κ3) is 6.06. The molecule has 0 aliphatic rings. The van der Waals surface area contributed by atoms with Crippen LogP contribution in [0.3, 0.4) is 0 Å². The maximum Gasteiger partial charge on any atom is 0.263 e. The van der Waals surface area contributed by atoms with Gasteiger partial charge in [0.1, 0.15) is 6.61 Å². The molecule has 0 amide bonds. The van der Waals surface area contributed by atoms with Gasteiger partial charge in [0, 0.05) is 0 Å². The zero-order chi connectivity index (χ0) is 27.3. The fraction of sp³-hybridized carbons (Fsp3) is 0.259. The highest BCUT2D eigenvalue weighted by Gasteiger charge is 2.26. The van der Waals surface area contributed by atoms with Gasteiger partial charge in [-0.2, -0.15) is 4.98 Å². The van der Waals surface area contributed by atoms with Gasteiger partial charge >= 0.3 is 0 Å². The number of nitrogens with one attached hydrogen (secondary N) is 1. The molecule has 2 aromatic heterocycles. The normalized spacial score (nSPS) is 11.7. The molecule has 0 saturated heterocycles. The van der Waals surface area contributed by atoms with Crippen LogP contribution in [0.1, 0.15) is 26.3 Å². The number of furan rings is 1. The van der Waals surface area contributed by atoms with Crippen LogP contribution in [0.15, 0.2) is 76.2 Å². The fourth-order valence-electron chi connectivity index (χ4n) is 3.48. The number of aromatic nitrogens is 2. The van der Waals surface area contributed by atoms with E-state index in [0.717, 1.165) is 5.56 Å². The first kappa shape index (κ1) is 27.0. The number of methoxy groups -OCH3 is 1. The Morgan fingerprint density at radius 1 is 0.974 bits per heavy atom. The standard InChI is InChI=1S/C27H29N3O7S/c1-27(2,3)18-11-13-19(14-12-18)38(32,33)30-25-23(37-21-9-6-5-8-20(21)34-4)26(36-17-15-31)29-24(28-25)22-10-7-16-35-22/h5-14,16,31H,15,17H2,1-4H3,(H,28,29,30). The van der Waals surface area contributed by atoms with Gasteiger partial charge < -0.3 is 23.7 Å². The molecule has 0 radical (unpaired) electrons. The van der Waals surface area contributed by atoms with Gasteiger partial charge in [0.25, 0.3) is 15.9 Å². The van der Waals surface area contributed by atoms with Crippen molar-refractivity contribution < 1.29 is 32.2 Å². The third-order valence-electron chi connectivity index (χ3n) is 5.45. The van der Waals surface area contributed by atoms with Crippen LogP contribution in [0, 0.1) is 0 Å². The Balaban J connectivity index is 1.83. The van der Waals surface area contributed by atoms with Gasteiger partial charge in [-0.15, -0.1) is 0 Å². The van der Waals surface area contributed by atoms with Crippen molar-refractivity contribution in [2.45, 2.75) is 31.1 Å². The van der Waals surface area contributed by atoms with Crippen molar-refractivity contribution >= 4 is 15.8 Å². The van der Waals surface area contributed by atoms with Gasteiger partial charge in [-0.05, 0) is 47.4 Å². The lowest BCUT2D eigenvalue weighted by atomic mass is 9.87. The number of ether oxygens (including phenoxy) is 3. The lowest BCUT2D eigenvalue weighted by molar-refractivity contribution is 0.192. The van der Waals surface area contributed by atoms with E-state index < -0.39 is 10.0 Å². The number of benzene rings is 2. The Morgan fingerprint density at radius 3 is 2.29 bits per heavy atom. The number of para-hydroxylation sites is 2. The van der Waals surface area contributed by atoms with Crippen LogP contribution < -0.4 is 18.9 Å². The van der Waals surface area contributed by atoms with Gasteiger partial charge in [-0.25, -0.2) is 13.4 Å². The zero-order valence-electron chi connectivity index (χ0n) is 21.5. The molecule has 200 valence electrons. The van der Waals surface area contributed by atoms with Crippen LogP contribution in [0.4, 0.5) is 5.82 Å². The largest absolute Gasteiger partial charge is 0.493 e. The maximum absolute atomic E-state index is 13.5. The smallest absolute Gasteiger partial charge is 0.263 e. The highest BCUT2D eigenvalue weighted by Crippen LogP contribution is 2.41. The van der Waals surface area contributed by atoms with Crippen LogP contribution in [0.2, 0.25) is 0 Å². The van der Waals surface area contributed by atoms with Crippen LogP contribution in [0.25, 0.3) is 11.6 Å². The Hall–Kier alpha value is -4.09. The van der Waals surface area contributed by atoms with Gasteiger partial charge in [0.15, 0.2) is 23.1 Å². The first-order valence-corrected chi connectivity index (χ1v) is 13.2. The molecule has 38 heavy (non-hydrogen) atoms.